The van der Waals surface area contributed by atoms with Crippen LogP contribution in [0, 0.1) is 5.92 Å². The van der Waals surface area contributed by atoms with Gasteiger partial charge in [0.15, 0.2) is 5.88 Å². The van der Waals surface area contributed by atoms with Crippen molar-refractivity contribution in [1.29, 1.82) is 0 Å². The van der Waals surface area contributed by atoms with Crippen LogP contribution in [0.3, 0.4) is 0 Å². The van der Waals surface area contributed by atoms with E-state index in [1.165, 1.54) is 17.3 Å². The van der Waals surface area contributed by atoms with Gasteiger partial charge in [0, 0.05) is 41.5 Å². The van der Waals surface area contributed by atoms with E-state index >= 15 is 0 Å². The molecule has 6 nitrogen and oxygen atoms in total. The van der Waals surface area contributed by atoms with Crippen LogP contribution < -0.4 is 21.0 Å². The zero-order valence-corrected chi connectivity index (χ0v) is 19.6. The molecule has 2 atom stereocenters. The Labute approximate surface area is 190 Å². The third-order valence-corrected chi connectivity index (χ3v) is 6.03. The van der Waals surface area contributed by atoms with Crippen molar-refractivity contribution >= 4 is 24.1 Å². The lowest BCUT2D eigenvalue weighted by molar-refractivity contribution is 0.404. The fourth-order valence-electron chi connectivity index (χ4n) is 4.60. The topological polar surface area (TPSA) is 96.0 Å². The number of hydrogen-bond acceptors (Lipinski definition) is 5. The van der Waals surface area contributed by atoms with Crippen molar-refractivity contribution in [3.63, 3.8) is 0 Å². The number of allylic oxidation sites excluding steroid dienone is 1. The maximum absolute atomic E-state index is 10.8. The van der Waals surface area contributed by atoms with E-state index in [0.717, 1.165) is 35.6 Å². The molecule has 1 aromatic carbocycles. The van der Waals surface area contributed by atoms with Crippen molar-refractivity contribution in [2.45, 2.75) is 46.0 Å². The van der Waals surface area contributed by atoms with Gasteiger partial charge in [-0.25, -0.2) is 4.99 Å². The summed E-state index contributed by atoms with van der Waals surface area (Å²) in [6.07, 6.45) is 10.5. The van der Waals surface area contributed by atoms with E-state index in [9.17, 15) is 5.11 Å². The summed E-state index contributed by atoms with van der Waals surface area (Å²) in [7, 11) is 3.40. The molecule has 0 bridgehead atoms. The number of nitrogens with one attached hydrogen (secondary N) is 1. The lowest BCUT2D eigenvalue weighted by atomic mass is 9.78. The molecule has 0 radical (unpaired) electrons. The molecule has 0 saturated heterocycles. The lowest BCUT2D eigenvalue weighted by Gasteiger charge is -2.27. The first kappa shape index (κ1) is 23.4. The molecular weight excluding hydrogens is 400 g/mol. The number of fused-ring (bicyclic) bond motifs is 1. The van der Waals surface area contributed by atoms with E-state index in [0.29, 0.717) is 17.0 Å². The molecule has 2 unspecified atom stereocenters. The van der Waals surface area contributed by atoms with E-state index in [-0.39, 0.29) is 17.7 Å². The molecule has 1 aliphatic carbocycles. The van der Waals surface area contributed by atoms with Crippen LogP contribution in [0.5, 0.6) is 11.6 Å². The van der Waals surface area contributed by atoms with Crippen LogP contribution in [-0.2, 0) is 6.42 Å². The number of aryl methyl sites for hydroxylation is 1. The maximum Gasteiger partial charge on any atom is 0.198 e. The molecule has 0 fully saturated rings. The summed E-state index contributed by atoms with van der Waals surface area (Å²) >= 11 is 0. The Hall–Kier alpha value is -3.28. The number of aliphatic imine (C=N–C) groups is 2. The van der Waals surface area contributed by atoms with Gasteiger partial charge in [-0.2, -0.15) is 0 Å². The number of aromatic hydroxyl groups is 1. The number of aromatic nitrogens is 1. The Morgan fingerprint density at radius 3 is 2.69 bits per heavy atom. The standard InChI is InChI=1S/C26H34N4O2/c1-6-9-18-10-8-11-23(32-5)25(18)20-13-21-22(12-17(20)7-2)30-26(31)24(21)16(3)29-19(14-27)15-28-4/h8,10-15,17,20,30-31H,6-7,9,27H2,1-5H3/b19-14+,28-15?,29-16?. The largest absolute Gasteiger partial charge is 0.496 e. The van der Waals surface area contributed by atoms with E-state index < -0.39 is 0 Å². The van der Waals surface area contributed by atoms with Gasteiger partial charge in [-0.3, -0.25) is 4.99 Å². The zero-order valence-electron chi connectivity index (χ0n) is 19.6. The second-order valence-corrected chi connectivity index (χ2v) is 8.07. The zero-order chi connectivity index (χ0) is 23.3. The van der Waals surface area contributed by atoms with Crippen molar-refractivity contribution in [2.24, 2.45) is 21.6 Å². The molecule has 1 aromatic heterocycles. The van der Waals surface area contributed by atoms with Crippen molar-refractivity contribution < 1.29 is 9.84 Å². The summed E-state index contributed by atoms with van der Waals surface area (Å²) in [5.41, 5.74) is 10.1. The highest BCUT2D eigenvalue weighted by atomic mass is 16.5. The number of H-pyrrole nitrogens is 1. The molecule has 170 valence electrons. The van der Waals surface area contributed by atoms with Crippen LogP contribution in [0.15, 0.2) is 40.1 Å². The van der Waals surface area contributed by atoms with Crippen molar-refractivity contribution in [3.8, 4) is 11.6 Å². The smallest absolute Gasteiger partial charge is 0.198 e. The SMILES string of the molecule is CCCc1cccc(OC)c1C1C=c2c(C(C)=N/C(C=NC)=C/N)c(O)[nH]c2=CC1CC. The van der Waals surface area contributed by atoms with Gasteiger partial charge in [0.05, 0.1) is 24.1 Å². The second-order valence-electron chi connectivity index (χ2n) is 8.07. The van der Waals surface area contributed by atoms with E-state index in [1.54, 1.807) is 20.4 Å². The van der Waals surface area contributed by atoms with Crippen LogP contribution in [0.1, 0.15) is 56.2 Å². The van der Waals surface area contributed by atoms with Gasteiger partial charge < -0.3 is 20.6 Å². The van der Waals surface area contributed by atoms with E-state index in [1.807, 2.05) is 13.0 Å². The highest BCUT2D eigenvalue weighted by Gasteiger charge is 2.28. The number of aromatic amines is 1. The first-order valence-electron chi connectivity index (χ1n) is 11.2. The molecule has 2 aromatic rings. The van der Waals surface area contributed by atoms with Gasteiger partial charge in [-0.1, -0.05) is 44.6 Å². The highest BCUT2D eigenvalue weighted by molar-refractivity contribution is 6.03. The minimum atomic E-state index is 0.109. The highest BCUT2D eigenvalue weighted by Crippen LogP contribution is 2.39. The molecule has 0 amide bonds. The number of ether oxygens (including phenoxy) is 1. The van der Waals surface area contributed by atoms with Gasteiger partial charge in [0.25, 0.3) is 0 Å². The van der Waals surface area contributed by atoms with Gasteiger partial charge >= 0.3 is 0 Å². The molecule has 1 aliphatic rings. The summed E-state index contributed by atoms with van der Waals surface area (Å²) < 4.78 is 5.79. The van der Waals surface area contributed by atoms with E-state index in [2.05, 4.69) is 53.1 Å². The first-order valence-corrected chi connectivity index (χ1v) is 11.2. The molecular formula is C26H34N4O2. The second kappa shape index (κ2) is 10.4. The monoisotopic (exact) mass is 434 g/mol. The molecule has 1 heterocycles. The fraction of sp³-hybridized carbons (Fsp3) is 0.385. The lowest BCUT2D eigenvalue weighted by Crippen LogP contribution is -2.34. The fourth-order valence-corrected chi connectivity index (χ4v) is 4.60. The quantitative estimate of drug-likeness (QED) is 0.556. The van der Waals surface area contributed by atoms with Crippen molar-refractivity contribution in [2.75, 3.05) is 14.2 Å². The molecule has 3 rings (SSSR count). The average Bonchev–Trinajstić information content (AvgIpc) is 3.12. The number of nitrogens with two attached hydrogens (primary N) is 1. The van der Waals surface area contributed by atoms with Crippen LogP contribution >= 0.6 is 0 Å². The summed E-state index contributed by atoms with van der Waals surface area (Å²) in [4.78, 5) is 11.7. The number of nitrogens with zero attached hydrogens (tertiary/aromatic N) is 2. The van der Waals surface area contributed by atoms with Crippen LogP contribution in [-0.4, -0.2) is 36.2 Å². The summed E-state index contributed by atoms with van der Waals surface area (Å²) in [5.74, 6) is 1.43. The predicted octanol–water partition coefficient (Wildman–Crippen LogP) is 3.38. The molecule has 32 heavy (non-hydrogen) atoms. The molecule has 4 N–H and O–H groups in total. The normalized spacial score (nSPS) is 18.9. The third kappa shape index (κ3) is 4.49. The third-order valence-electron chi connectivity index (χ3n) is 6.03. The summed E-state index contributed by atoms with van der Waals surface area (Å²) in [6.45, 7) is 6.26. The number of rotatable bonds is 8. The number of methoxy groups -OCH3 is 1. The average molecular weight is 435 g/mol. The summed E-state index contributed by atoms with van der Waals surface area (Å²) in [6, 6.07) is 6.30. The van der Waals surface area contributed by atoms with Gasteiger partial charge in [0.2, 0.25) is 0 Å². The van der Waals surface area contributed by atoms with Crippen molar-refractivity contribution in [3.05, 3.63) is 57.4 Å². The number of hydrogen-bond donors (Lipinski definition) is 3. The minimum Gasteiger partial charge on any atom is -0.496 e. The van der Waals surface area contributed by atoms with Gasteiger partial charge in [-0.05, 0) is 37.3 Å². The van der Waals surface area contributed by atoms with Crippen LogP contribution in [0.2, 0.25) is 0 Å². The Balaban J connectivity index is 2.25. The van der Waals surface area contributed by atoms with Crippen molar-refractivity contribution in [1.82, 2.24) is 4.98 Å². The Morgan fingerprint density at radius 2 is 2.06 bits per heavy atom. The molecule has 0 saturated carbocycles. The predicted molar refractivity (Wildman–Crippen MR) is 133 cm³/mol. The Bertz CT molecular complexity index is 1170. The Kier molecular flexibility index (Phi) is 7.57. The van der Waals surface area contributed by atoms with Gasteiger partial charge in [-0.15, -0.1) is 0 Å². The molecule has 0 spiro atoms. The maximum atomic E-state index is 10.8. The van der Waals surface area contributed by atoms with Gasteiger partial charge in [0.1, 0.15) is 5.75 Å². The summed E-state index contributed by atoms with van der Waals surface area (Å²) in [5, 5.41) is 12.6. The number of benzene rings is 1. The Morgan fingerprint density at radius 1 is 1.28 bits per heavy atom. The van der Waals surface area contributed by atoms with Crippen LogP contribution in [0.25, 0.3) is 12.2 Å². The van der Waals surface area contributed by atoms with Crippen LogP contribution in [0.4, 0.5) is 0 Å². The van der Waals surface area contributed by atoms with E-state index in [4.69, 9.17) is 10.5 Å². The minimum absolute atomic E-state index is 0.109. The molecule has 6 heteroatoms. The molecule has 0 aliphatic heterocycles. The first-order chi connectivity index (χ1) is 15.5.